The van der Waals surface area contributed by atoms with Crippen molar-refractivity contribution in [3.63, 3.8) is 0 Å². The molecule has 9 nitrogen and oxygen atoms in total. The van der Waals surface area contributed by atoms with Gasteiger partial charge in [0.25, 0.3) is 11.6 Å². The largest absolute Gasteiger partial charge is 0.452 e. The predicted octanol–water partition coefficient (Wildman–Crippen LogP) is 4.44. The summed E-state index contributed by atoms with van der Waals surface area (Å²) >= 11 is 6.41. The second-order valence-electron chi connectivity index (χ2n) is 7.34. The highest BCUT2D eigenvalue weighted by Crippen LogP contribution is 2.25. The molecule has 0 unspecified atom stereocenters. The number of nitro benzene ring substituents is 1. The number of rotatable bonds is 8. The van der Waals surface area contributed by atoms with E-state index in [1.54, 1.807) is 11.6 Å². The van der Waals surface area contributed by atoms with Crippen LogP contribution >= 0.6 is 11.6 Å². The molecular formula is C23H20ClFN4O5. The molecule has 0 radical (unpaired) electrons. The molecule has 0 saturated carbocycles. The second-order valence-corrected chi connectivity index (χ2v) is 7.70. The van der Waals surface area contributed by atoms with Crippen molar-refractivity contribution >= 4 is 40.9 Å². The van der Waals surface area contributed by atoms with Crippen LogP contribution < -0.4 is 5.32 Å². The maximum absolute atomic E-state index is 13.2. The predicted molar refractivity (Wildman–Crippen MR) is 124 cm³/mol. The summed E-state index contributed by atoms with van der Waals surface area (Å²) in [4.78, 5) is 34.2. The van der Waals surface area contributed by atoms with Gasteiger partial charge >= 0.3 is 5.97 Å². The van der Waals surface area contributed by atoms with Crippen LogP contribution in [-0.4, -0.2) is 33.2 Å². The Kier molecular flexibility index (Phi) is 7.75. The summed E-state index contributed by atoms with van der Waals surface area (Å²) in [5.41, 5.74) is 2.44. The van der Waals surface area contributed by atoms with Crippen molar-refractivity contribution in [3.05, 3.63) is 92.0 Å². The number of benzene rings is 2. The molecule has 34 heavy (non-hydrogen) atoms. The molecule has 1 heterocycles. The van der Waals surface area contributed by atoms with Crippen LogP contribution in [0, 0.1) is 29.8 Å². The first kappa shape index (κ1) is 24.6. The zero-order valence-electron chi connectivity index (χ0n) is 18.2. The van der Waals surface area contributed by atoms with E-state index < -0.39 is 34.9 Å². The van der Waals surface area contributed by atoms with Gasteiger partial charge in [-0.15, -0.1) is 0 Å². The third-order valence-electron chi connectivity index (χ3n) is 4.72. The minimum Gasteiger partial charge on any atom is -0.452 e. The minimum atomic E-state index is -0.835. The van der Waals surface area contributed by atoms with Gasteiger partial charge in [-0.05, 0) is 37.6 Å². The average Bonchev–Trinajstić information content (AvgIpc) is 3.05. The molecule has 2 aromatic carbocycles. The normalized spacial score (nSPS) is 10.9. The van der Waals surface area contributed by atoms with Gasteiger partial charge in [0.1, 0.15) is 16.7 Å². The lowest BCUT2D eigenvalue weighted by molar-refractivity contribution is -0.384. The standard InChI is InChI=1S/C23H20ClFN4O5/c1-14-3-5-16(6-4-14)12-28-23(24)18(15(2)27-28)8-10-22(31)34-13-21(30)26-19-9-7-17(25)11-20(19)29(32)33/h3-11H,12-13H2,1-2H3,(H,26,30)/b10-8+. The molecule has 0 saturated heterocycles. The number of carbonyl (C=O) groups excluding carboxylic acids is 2. The zero-order chi connectivity index (χ0) is 24.8. The Morgan fingerprint density at radius 2 is 1.94 bits per heavy atom. The van der Waals surface area contributed by atoms with Crippen molar-refractivity contribution < 1.29 is 23.6 Å². The number of nitrogens with one attached hydrogen (secondary N) is 1. The van der Waals surface area contributed by atoms with Gasteiger partial charge < -0.3 is 10.1 Å². The van der Waals surface area contributed by atoms with Crippen molar-refractivity contribution in [3.8, 4) is 0 Å². The molecule has 176 valence electrons. The topological polar surface area (TPSA) is 116 Å². The lowest BCUT2D eigenvalue weighted by Gasteiger charge is -2.06. The highest BCUT2D eigenvalue weighted by molar-refractivity contribution is 6.31. The molecule has 11 heteroatoms. The Balaban J connectivity index is 1.59. The zero-order valence-corrected chi connectivity index (χ0v) is 19.0. The number of carbonyl (C=O) groups is 2. The molecule has 1 amide bonds. The summed E-state index contributed by atoms with van der Waals surface area (Å²) in [5, 5.41) is 17.9. The lowest BCUT2D eigenvalue weighted by Crippen LogP contribution is -2.20. The van der Waals surface area contributed by atoms with E-state index in [2.05, 4.69) is 10.4 Å². The molecule has 0 fully saturated rings. The number of anilines is 1. The second kappa shape index (κ2) is 10.7. The van der Waals surface area contributed by atoms with E-state index in [9.17, 15) is 24.1 Å². The molecule has 0 atom stereocenters. The van der Waals surface area contributed by atoms with Gasteiger partial charge in [-0.2, -0.15) is 5.10 Å². The van der Waals surface area contributed by atoms with E-state index >= 15 is 0 Å². The number of amides is 1. The van der Waals surface area contributed by atoms with Gasteiger partial charge in [0.05, 0.1) is 23.2 Å². The van der Waals surface area contributed by atoms with Gasteiger partial charge in [0, 0.05) is 11.6 Å². The molecule has 0 bridgehead atoms. The van der Waals surface area contributed by atoms with E-state index in [0.29, 0.717) is 29.0 Å². The fourth-order valence-corrected chi connectivity index (χ4v) is 3.31. The van der Waals surface area contributed by atoms with Crippen LogP contribution in [0.1, 0.15) is 22.4 Å². The summed E-state index contributed by atoms with van der Waals surface area (Å²) in [6.07, 6.45) is 2.53. The van der Waals surface area contributed by atoms with Gasteiger partial charge in [-0.25, -0.2) is 13.9 Å². The quantitative estimate of drug-likeness (QED) is 0.218. The molecule has 3 aromatic rings. The van der Waals surface area contributed by atoms with Crippen LogP contribution in [0.2, 0.25) is 5.15 Å². The number of nitro groups is 1. The first-order valence-corrected chi connectivity index (χ1v) is 10.4. The summed E-state index contributed by atoms with van der Waals surface area (Å²) in [7, 11) is 0. The third kappa shape index (κ3) is 6.26. The van der Waals surface area contributed by atoms with Gasteiger partial charge in [0.15, 0.2) is 6.61 Å². The maximum atomic E-state index is 13.2. The molecule has 0 aliphatic carbocycles. The fraction of sp³-hybridized carbons (Fsp3) is 0.174. The lowest BCUT2D eigenvalue weighted by atomic mass is 10.1. The Morgan fingerprint density at radius 3 is 2.62 bits per heavy atom. The molecule has 1 N–H and O–H groups in total. The van der Waals surface area contributed by atoms with E-state index in [0.717, 1.165) is 29.3 Å². The summed E-state index contributed by atoms with van der Waals surface area (Å²) in [6, 6.07) is 10.6. The summed E-state index contributed by atoms with van der Waals surface area (Å²) in [6.45, 7) is 3.49. The summed E-state index contributed by atoms with van der Waals surface area (Å²) < 4.78 is 19.7. The van der Waals surface area contributed by atoms with Crippen LogP contribution in [-0.2, 0) is 20.9 Å². The van der Waals surface area contributed by atoms with Crippen LogP contribution in [0.5, 0.6) is 0 Å². The first-order valence-electron chi connectivity index (χ1n) is 10.0. The average molecular weight is 487 g/mol. The summed E-state index contributed by atoms with van der Waals surface area (Å²) in [5.74, 6) is -2.47. The molecule has 0 spiro atoms. The van der Waals surface area contributed by atoms with E-state index in [1.807, 2.05) is 31.2 Å². The molecule has 3 rings (SSSR count). The van der Waals surface area contributed by atoms with Gasteiger partial charge in [-0.1, -0.05) is 41.4 Å². The third-order valence-corrected chi connectivity index (χ3v) is 5.12. The number of aromatic nitrogens is 2. The Labute approximate surface area is 198 Å². The van der Waals surface area contributed by atoms with Crippen LogP contribution in [0.4, 0.5) is 15.8 Å². The number of nitrogens with zero attached hydrogens (tertiary/aromatic N) is 3. The molecule has 0 aliphatic heterocycles. The van der Waals surface area contributed by atoms with Crippen molar-refractivity contribution in [1.82, 2.24) is 9.78 Å². The minimum absolute atomic E-state index is 0.216. The van der Waals surface area contributed by atoms with E-state index in [1.165, 1.54) is 6.08 Å². The monoisotopic (exact) mass is 486 g/mol. The van der Waals surface area contributed by atoms with Gasteiger partial charge in [0.2, 0.25) is 0 Å². The number of ether oxygens (including phenoxy) is 1. The van der Waals surface area contributed by atoms with Crippen molar-refractivity contribution in [2.45, 2.75) is 20.4 Å². The van der Waals surface area contributed by atoms with Crippen LogP contribution in [0.3, 0.4) is 0 Å². The van der Waals surface area contributed by atoms with Crippen LogP contribution in [0.15, 0.2) is 48.5 Å². The Hall–Kier alpha value is -4.05. The van der Waals surface area contributed by atoms with Crippen molar-refractivity contribution in [1.29, 1.82) is 0 Å². The number of halogens is 2. The van der Waals surface area contributed by atoms with E-state index in [4.69, 9.17) is 16.3 Å². The number of hydrogen-bond acceptors (Lipinski definition) is 6. The smallest absolute Gasteiger partial charge is 0.331 e. The number of aryl methyl sites for hydroxylation is 2. The van der Waals surface area contributed by atoms with Crippen molar-refractivity contribution in [2.24, 2.45) is 0 Å². The number of esters is 1. The highest BCUT2D eigenvalue weighted by Gasteiger charge is 2.18. The Bertz CT molecular complexity index is 1270. The SMILES string of the molecule is Cc1ccc(Cn2nc(C)c(/C=C/C(=O)OCC(=O)Nc3ccc(F)cc3[N+](=O)[O-])c2Cl)cc1. The molecule has 1 aromatic heterocycles. The van der Waals surface area contributed by atoms with E-state index in [-0.39, 0.29) is 5.69 Å². The Morgan fingerprint density at radius 1 is 1.24 bits per heavy atom. The molecule has 0 aliphatic rings. The molecular weight excluding hydrogens is 467 g/mol. The van der Waals surface area contributed by atoms with Crippen LogP contribution in [0.25, 0.3) is 6.08 Å². The maximum Gasteiger partial charge on any atom is 0.331 e. The highest BCUT2D eigenvalue weighted by atomic mass is 35.5. The fourth-order valence-electron chi connectivity index (χ4n) is 3.01. The number of hydrogen-bond donors (Lipinski definition) is 1. The first-order chi connectivity index (χ1) is 16.1. The van der Waals surface area contributed by atoms with Gasteiger partial charge in [-0.3, -0.25) is 14.9 Å². The van der Waals surface area contributed by atoms with Crippen molar-refractivity contribution in [2.75, 3.05) is 11.9 Å².